The van der Waals surface area contributed by atoms with Gasteiger partial charge in [-0.25, -0.2) is 4.68 Å². The van der Waals surface area contributed by atoms with Gasteiger partial charge in [0.25, 0.3) is 0 Å². The molecule has 0 aliphatic heterocycles. The van der Waals surface area contributed by atoms with Crippen LogP contribution in [0.2, 0.25) is 0 Å². The highest BCUT2D eigenvalue weighted by Gasteiger charge is 2.14. The summed E-state index contributed by atoms with van der Waals surface area (Å²) in [4.78, 5) is 10.7. The third kappa shape index (κ3) is 3.31. The van der Waals surface area contributed by atoms with Gasteiger partial charge in [-0.2, -0.15) is 5.10 Å². The summed E-state index contributed by atoms with van der Waals surface area (Å²) in [7, 11) is 0. The summed E-state index contributed by atoms with van der Waals surface area (Å²) in [5.74, 6) is -0.803. The van der Waals surface area contributed by atoms with Crippen molar-refractivity contribution in [1.29, 1.82) is 0 Å². The molecule has 0 saturated carbocycles. The molecule has 21 heavy (non-hydrogen) atoms. The lowest BCUT2D eigenvalue weighted by Crippen LogP contribution is -2.02. The van der Waals surface area contributed by atoms with E-state index in [0.717, 1.165) is 28.2 Å². The van der Waals surface area contributed by atoms with Crippen LogP contribution in [0.4, 0.5) is 0 Å². The Kier molecular flexibility index (Phi) is 4.43. The van der Waals surface area contributed by atoms with Gasteiger partial charge in [0.2, 0.25) is 0 Å². The Hall–Kier alpha value is -2.14. The van der Waals surface area contributed by atoms with E-state index >= 15 is 0 Å². The number of hydrogen-bond acceptors (Lipinski definition) is 3. The number of aliphatic hydroxyl groups is 1. The number of carboxylic acid groups (broad SMARTS) is 1. The van der Waals surface area contributed by atoms with Crippen LogP contribution in [0.15, 0.2) is 24.3 Å². The molecule has 112 valence electrons. The number of benzene rings is 1. The maximum atomic E-state index is 10.7. The van der Waals surface area contributed by atoms with Crippen LogP contribution in [0.25, 0.3) is 5.69 Å². The molecule has 2 rings (SSSR count). The van der Waals surface area contributed by atoms with Crippen LogP contribution in [0, 0.1) is 13.8 Å². The van der Waals surface area contributed by atoms with Gasteiger partial charge in [-0.15, -0.1) is 0 Å². The first-order valence-corrected chi connectivity index (χ1v) is 6.95. The van der Waals surface area contributed by atoms with Crippen LogP contribution in [0.5, 0.6) is 0 Å². The average Bonchev–Trinajstić information content (AvgIpc) is 2.72. The highest BCUT2D eigenvalue weighted by atomic mass is 16.4. The monoisotopic (exact) mass is 288 g/mol. The number of carboxylic acids is 1. The first kappa shape index (κ1) is 15.3. The number of nitrogens with zero attached hydrogens (tertiary/aromatic N) is 2. The Labute approximate surface area is 123 Å². The molecule has 0 saturated heterocycles. The second-order valence-electron chi connectivity index (χ2n) is 5.22. The Morgan fingerprint density at radius 2 is 1.90 bits per heavy atom. The van der Waals surface area contributed by atoms with E-state index in [4.69, 9.17) is 5.11 Å². The fourth-order valence-corrected chi connectivity index (χ4v) is 2.41. The molecule has 0 fully saturated rings. The summed E-state index contributed by atoms with van der Waals surface area (Å²) < 4.78 is 1.82. The average molecular weight is 288 g/mol. The van der Waals surface area contributed by atoms with E-state index in [1.165, 1.54) is 0 Å². The van der Waals surface area contributed by atoms with Crippen molar-refractivity contribution in [2.24, 2.45) is 0 Å². The van der Waals surface area contributed by atoms with Crippen molar-refractivity contribution < 1.29 is 15.0 Å². The molecule has 5 heteroatoms. The molecule has 0 aliphatic rings. The van der Waals surface area contributed by atoms with E-state index in [2.05, 4.69) is 5.10 Å². The summed E-state index contributed by atoms with van der Waals surface area (Å²) >= 11 is 0. The fourth-order valence-electron chi connectivity index (χ4n) is 2.41. The smallest absolute Gasteiger partial charge is 0.303 e. The number of aryl methyl sites for hydroxylation is 1. The third-order valence-electron chi connectivity index (χ3n) is 3.65. The molecule has 1 atom stereocenters. The van der Waals surface area contributed by atoms with Crippen molar-refractivity contribution in [2.75, 3.05) is 0 Å². The van der Waals surface area contributed by atoms with Gasteiger partial charge in [0.05, 0.1) is 17.5 Å². The topological polar surface area (TPSA) is 75.3 Å². The van der Waals surface area contributed by atoms with Crippen molar-refractivity contribution in [3.8, 4) is 5.69 Å². The Balaban J connectivity index is 2.32. The predicted octanol–water partition coefficient (Wildman–Crippen LogP) is 2.56. The van der Waals surface area contributed by atoms with Gasteiger partial charge in [-0.05, 0) is 50.5 Å². The number of carbonyl (C=O) groups is 1. The summed E-state index contributed by atoms with van der Waals surface area (Å²) in [6.45, 7) is 5.56. The van der Waals surface area contributed by atoms with E-state index in [0.29, 0.717) is 6.42 Å². The summed E-state index contributed by atoms with van der Waals surface area (Å²) in [6.07, 6.45) is 0.0956. The highest BCUT2D eigenvalue weighted by Crippen LogP contribution is 2.21. The van der Waals surface area contributed by atoms with Gasteiger partial charge in [0, 0.05) is 12.1 Å². The molecule has 1 heterocycles. The van der Waals surface area contributed by atoms with Gasteiger partial charge in [-0.3, -0.25) is 4.79 Å². The lowest BCUT2D eigenvalue weighted by atomic mass is 10.1. The minimum absolute atomic E-state index is 0.105. The number of aliphatic hydroxyl groups excluding tert-OH is 1. The van der Waals surface area contributed by atoms with Gasteiger partial charge in [-0.1, -0.05) is 12.1 Å². The summed E-state index contributed by atoms with van der Waals surface area (Å²) in [6, 6.07) is 7.55. The second-order valence-corrected chi connectivity index (χ2v) is 5.22. The standard InChI is InChI=1S/C16H20N2O3/c1-10-15(8-9-16(20)21)11(2)18(17-10)14-6-4-13(5-7-14)12(3)19/h4-7,12,19H,8-9H2,1-3H3,(H,20,21)/t12-/m1/s1. The van der Waals surface area contributed by atoms with Gasteiger partial charge >= 0.3 is 5.97 Å². The molecule has 1 aromatic heterocycles. The van der Waals surface area contributed by atoms with Crippen LogP contribution < -0.4 is 0 Å². The SMILES string of the molecule is Cc1nn(-c2ccc([C@@H](C)O)cc2)c(C)c1CCC(=O)O. The Bertz CT molecular complexity index is 642. The van der Waals surface area contributed by atoms with Crippen molar-refractivity contribution >= 4 is 5.97 Å². The number of aromatic nitrogens is 2. The lowest BCUT2D eigenvalue weighted by molar-refractivity contribution is -0.136. The zero-order valence-electron chi connectivity index (χ0n) is 12.5. The van der Waals surface area contributed by atoms with Crippen LogP contribution in [0.3, 0.4) is 0 Å². The van der Waals surface area contributed by atoms with Crippen LogP contribution >= 0.6 is 0 Å². The van der Waals surface area contributed by atoms with E-state index in [1.807, 2.05) is 42.8 Å². The highest BCUT2D eigenvalue weighted by molar-refractivity contribution is 5.67. The molecule has 5 nitrogen and oxygen atoms in total. The molecule has 0 unspecified atom stereocenters. The first-order valence-electron chi connectivity index (χ1n) is 6.95. The van der Waals surface area contributed by atoms with Crippen molar-refractivity contribution in [2.45, 2.75) is 39.7 Å². The molecular formula is C16H20N2O3. The molecule has 0 radical (unpaired) electrons. The van der Waals surface area contributed by atoms with Gasteiger partial charge < -0.3 is 10.2 Å². The molecule has 2 N–H and O–H groups in total. The van der Waals surface area contributed by atoms with Crippen molar-refractivity contribution in [3.63, 3.8) is 0 Å². The minimum Gasteiger partial charge on any atom is -0.481 e. The zero-order valence-corrected chi connectivity index (χ0v) is 12.5. The molecular weight excluding hydrogens is 268 g/mol. The first-order chi connectivity index (χ1) is 9.90. The minimum atomic E-state index is -0.803. The molecule has 0 amide bonds. The fraction of sp³-hybridized carbons (Fsp3) is 0.375. The number of rotatable bonds is 5. The largest absolute Gasteiger partial charge is 0.481 e. The molecule has 0 bridgehead atoms. The van der Waals surface area contributed by atoms with Gasteiger partial charge in [0.1, 0.15) is 0 Å². The maximum absolute atomic E-state index is 10.7. The molecule has 0 spiro atoms. The van der Waals surface area contributed by atoms with E-state index < -0.39 is 12.1 Å². The van der Waals surface area contributed by atoms with Crippen molar-refractivity contribution in [1.82, 2.24) is 9.78 Å². The second kappa shape index (κ2) is 6.10. The van der Waals surface area contributed by atoms with Crippen molar-refractivity contribution in [3.05, 3.63) is 46.8 Å². The Morgan fingerprint density at radius 1 is 1.29 bits per heavy atom. The van der Waals surface area contributed by atoms with Crippen LogP contribution in [-0.2, 0) is 11.2 Å². The number of aliphatic carboxylic acids is 1. The Morgan fingerprint density at radius 3 is 2.43 bits per heavy atom. The summed E-state index contributed by atoms with van der Waals surface area (Å²) in [5.41, 5.74) is 4.55. The third-order valence-corrected chi connectivity index (χ3v) is 3.65. The molecule has 2 aromatic rings. The van der Waals surface area contributed by atoms with Crippen LogP contribution in [0.1, 0.15) is 42.0 Å². The predicted molar refractivity (Wildman–Crippen MR) is 79.6 cm³/mol. The van der Waals surface area contributed by atoms with Gasteiger partial charge in [0.15, 0.2) is 0 Å². The van der Waals surface area contributed by atoms with E-state index in [1.54, 1.807) is 6.92 Å². The molecule has 0 aliphatic carbocycles. The normalized spacial score (nSPS) is 12.4. The summed E-state index contributed by atoms with van der Waals surface area (Å²) in [5, 5.41) is 22.8. The molecule has 1 aromatic carbocycles. The quantitative estimate of drug-likeness (QED) is 0.886. The maximum Gasteiger partial charge on any atom is 0.303 e. The van der Waals surface area contributed by atoms with E-state index in [9.17, 15) is 9.90 Å². The zero-order chi connectivity index (χ0) is 15.6. The van der Waals surface area contributed by atoms with Crippen LogP contribution in [-0.4, -0.2) is 26.0 Å². The van der Waals surface area contributed by atoms with E-state index in [-0.39, 0.29) is 6.42 Å². The lowest BCUT2D eigenvalue weighted by Gasteiger charge is -2.08. The number of hydrogen-bond donors (Lipinski definition) is 2.